The predicted molar refractivity (Wildman–Crippen MR) is 53.3 cm³/mol. The Hall–Kier alpha value is -0.570. The van der Waals surface area contributed by atoms with Crippen LogP contribution in [-0.4, -0.2) is 30.4 Å². The van der Waals surface area contributed by atoms with Gasteiger partial charge in [0.15, 0.2) is 0 Å². The zero-order valence-electron chi connectivity index (χ0n) is 8.46. The molecule has 1 rings (SSSR count). The average molecular weight is 184 g/mol. The number of hydrogen-bond acceptors (Lipinski definition) is 2. The molecule has 1 atom stereocenters. The summed E-state index contributed by atoms with van der Waals surface area (Å²) in [5.41, 5.74) is 5.45. The van der Waals surface area contributed by atoms with Crippen LogP contribution >= 0.6 is 0 Å². The molecule has 1 aliphatic heterocycles. The first-order valence-corrected chi connectivity index (χ1v) is 5.25. The molecule has 1 heterocycles. The first-order chi connectivity index (χ1) is 6.27. The normalized spacial score (nSPS) is 24.6. The molecule has 0 spiro atoms. The molecule has 0 aromatic heterocycles. The van der Waals surface area contributed by atoms with Crippen molar-refractivity contribution in [2.45, 2.75) is 32.6 Å². The fraction of sp³-hybridized carbons (Fsp3) is 0.900. The van der Waals surface area contributed by atoms with Gasteiger partial charge in [0.25, 0.3) is 0 Å². The lowest BCUT2D eigenvalue weighted by atomic mass is 9.98. The fourth-order valence-corrected chi connectivity index (χ4v) is 1.89. The highest BCUT2D eigenvalue weighted by molar-refractivity contribution is 5.76. The maximum Gasteiger partial charge on any atom is 0.222 e. The third kappa shape index (κ3) is 2.99. The lowest BCUT2D eigenvalue weighted by Gasteiger charge is -2.19. The molecule has 0 saturated carbocycles. The number of nitrogens with zero attached hydrogens (tertiary/aromatic N) is 1. The number of hydrogen-bond donors (Lipinski definition) is 1. The Balaban J connectivity index is 2.44. The standard InChI is InChI=1S/C10H20N2O/c1-2-9-3-4-10(13)12(7-5-9)8-6-11/h9H,2-8,11H2,1H3. The van der Waals surface area contributed by atoms with Crippen molar-refractivity contribution in [1.82, 2.24) is 4.90 Å². The summed E-state index contributed by atoms with van der Waals surface area (Å²) in [5.74, 6) is 1.04. The Morgan fingerprint density at radius 3 is 2.92 bits per heavy atom. The van der Waals surface area contributed by atoms with Crippen molar-refractivity contribution in [1.29, 1.82) is 0 Å². The molecule has 3 nitrogen and oxygen atoms in total. The highest BCUT2D eigenvalue weighted by Gasteiger charge is 2.20. The van der Waals surface area contributed by atoms with Crippen LogP contribution in [0, 0.1) is 5.92 Å². The second kappa shape index (κ2) is 5.22. The topological polar surface area (TPSA) is 46.3 Å². The molecule has 2 N–H and O–H groups in total. The molecule has 3 heteroatoms. The van der Waals surface area contributed by atoms with Gasteiger partial charge in [-0.2, -0.15) is 0 Å². The number of carbonyl (C=O) groups is 1. The van der Waals surface area contributed by atoms with Crippen LogP contribution in [0.25, 0.3) is 0 Å². The van der Waals surface area contributed by atoms with Crippen molar-refractivity contribution >= 4 is 5.91 Å². The smallest absolute Gasteiger partial charge is 0.222 e. The van der Waals surface area contributed by atoms with E-state index >= 15 is 0 Å². The molecule has 76 valence electrons. The van der Waals surface area contributed by atoms with Gasteiger partial charge in [0, 0.05) is 26.1 Å². The Bertz CT molecular complexity index is 170. The molecule has 1 unspecified atom stereocenters. The molecule has 0 bridgehead atoms. The Labute approximate surface area is 80.3 Å². The average Bonchev–Trinajstić information content (AvgIpc) is 2.31. The maximum atomic E-state index is 11.5. The molecule has 1 saturated heterocycles. The first-order valence-electron chi connectivity index (χ1n) is 5.25. The van der Waals surface area contributed by atoms with Crippen LogP contribution in [0.3, 0.4) is 0 Å². The largest absolute Gasteiger partial charge is 0.341 e. The van der Waals surface area contributed by atoms with Crippen molar-refractivity contribution in [3.63, 3.8) is 0 Å². The van der Waals surface area contributed by atoms with Crippen molar-refractivity contribution in [3.05, 3.63) is 0 Å². The lowest BCUT2D eigenvalue weighted by Crippen LogP contribution is -2.34. The highest BCUT2D eigenvalue weighted by Crippen LogP contribution is 2.20. The zero-order chi connectivity index (χ0) is 9.68. The van der Waals surface area contributed by atoms with Crippen LogP contribution in [0.1, 0.15) is 32.6 Å². The van der Waals surface area contributed by atoms with E-state index in [1.54, 1.807) is 0 Å². The molecule has 0 aromatic rings. The van der Waals surface area contributed by atoms with E-state index in [2.05, 4.69) is 6.92 Å². The van der Waals surface area contributed by atoms with Crippen LogP contribution in [0.15, 0.2) is 0 Å². The summed E-state index contributed by atoms with van der Waals surface area (Å²) in [6, 6.07) is 0. The van der Waals surface area contributed by atoms with Crippen molar-refractivity contribution in [2.75, 3.05) is 19.6 Å². The second-order valence-electron chi connectivity index (χ2n) is 3.77. The molecule has 13 heavy (non-hydrogen) atoms. The minimum absolute atomic E-state index is 0.293. The van der Waals surface area contributed by atoms with Gasteiger partial charge in [0.2, 0.25) is 5.91 Å². The molecule has 0 aromatic carbocycles. The quantitative estimate of drug-likeness (QED) is 0.711. The minimum atomic E-state index is 0.293. The van der Waals surface area contributed by atoms with Gasteiger partial charge in [-0.15, -0.1) is 0 Å². The Kier molecular flexibility index (Phi) is 4.22. The van der Waals surface area contributed by atoms with Gasteiger partial charge in [-0.3, -0.25) is 4.79 Å². The molecule has 1 aliphatic rings. The number of likely N-dealkylation sites (tertiary alicyclic amines) is 1. The number of amides is 1. The molecule has 0 radical (unpaired) electrons. The van der Waals surface area contributed by atoms with E-state index in [-0.39, 0.29) is 0 Å². The summed E-state index contributed by atoms with van der Waals surface area (Å²) < 4.78 is 0. The molecular weight excluding hydrogens is 164 g/mol. The summed E-state index contributed by atoms with van der Waals surface area (Å²) in [4.78, 5) is 13.4. The molecular formula is C10H20N2O. The number of nitrogens with two attached hydrogens (primary N) is 1. The third-order valence-corrected chi connectivity index (χ3v) is 2.90. The molecule has 0 aliphatic carbocycles. The highest BCUT2D eigenvalue weighted by atomic mass is 16.2. The number of rotatable bonds is 3. The van der Waals surface area contributed by atoms with E-state index in [0.29, 0.717) is 12.5 Å². The molecule has 1 amide bonds. The van der Waals surface area contributed by atoms with Gasteiger partial charge in [-0.05, 0) is 18.8 Å². The summed E-state index contributed by atoms with van der Waals surface area (Å²) in [7, 11) is 0. The van der Waals surface area contributed by atoms with Crippen LogP contribution < -0.4 is 5.73 Å². The van der Waals surface area contributed by atoms with E-state index in [9.17, 15) is 4.79 Å². The van der Waals surface area contributed by atoms with E-state index in [0.717, 1.165) is 38.3 Å². The third-order valence-electron chi connectivity index (χ3n) is 2.90. The van der Waals surface area contributed by atoms with Crippen LogP contribution in [0.4, 0.5) is 0 Å². The van der Waals surface area contributed by atoms with Crippen molar-refractivity contribution in [3.8, 4) is 0 Å². The van der Waals surface area contributed by atoms with Crippen LogP contribution in [-0.2, 0) is 4.79 Å². The fourth-order valence-electron chi connectivity index (χ4n) is 1.89. The van der Waals surface area contributed by atoms with Crippen LogP contribution in [0.5, 0.6) is 0 Å². The van der Waals surface area contributed by atoms with E-state index in [1.807, 2.05) is 4.90 Å². The van der Waals surface area contributed by atoms with Gasteiger partial charge < -0.3 is 10.6 Å². The second-order valence-corrected chi connectivity index (χ2v) is 3.77. The first kappa shape index (κ1) is 10.5. The summed E-state index contributed by atoms with van der Waals surface area (Å²) in [6.07, 6.45) is 4.14. The van der Waals surface area contributed by atoms with Crippen molar-refractivity contribution in [2.24, 2.45) is 11.7 Å². The van der Waals surface area contributed by atoms with Gasteiger partial charge in [0.05, 0.1) is 0 Å². The van der Waals surface area contributed by atoms with Crippen molar-refractivity contribution < 1.29 is 4.79 Å². The minimum Gasteiger partial charge on any atom is -0.341 e. The summed E-state index contributed by atoms with van der Waals surface area (Å²) >= 11 is 0. The zero-order valence-corrected chi connectivity index (χ0v) is 8.46. The van der Waals surface area contributed by atoms with Gasteiger partial charge in [-0.1, -0.05) is 13.3 Å². The summed E-state index contributed by atoms with van der Waals surface area (Å²) in [6.45, 7) is 4.43. The van der Waals surface area contributed by atoms with E-state index < -0.39 is 0 Å². The van der Waals surface area contributed by atoms with Gasteiger partial charge >= 0.3 is 0 Å². The monoisotopic (exact) mass is 184 g/mol. The maximum absolute atomic E-state index is 11.5. The molecule has 1 fully saturated rings. The SMILES string of the molecule is CCC1CCC(=O)N(CCN)CC1. The van der Waals surface area contributed by atoms with Crippen LogP contribution in [0.2, 0.25) is 0 Å². The Morgan fingerprint density at radius 2 is 2.31 bits per heavy atom. The van der Waals surface area contributed by atoms with E-state index in [1.165, 1.54) is 6.42 Å². The van der Waals surface area contributed by atoms with Gasteiger partial charge in [0.1, 0.15) is 0 Å². The lowest BCUT2D eigenvalue weighted by molar-refractivity contribution is -0.130. The number of carbonyl (C=O) groups excluding carboxylic acids is 1. The summed E-state index contributed by atoms with van der Waals surface area (Å²) in [5, 5.41) is 0. The van der Waals surface area contributed by atoms with Gasteiger partial charge in [-0.25, -0.2) is 0 Å². The Morgan fingerprint density at radius 1 is 1.54 bits per heavy atom. The van der Waals surface area contributed by atoms with E-state index in [4.69, 9.17) is 5.73 Å². The predicted octanol–water partition coefficient (Wildman–Crippen LogP) is 0.984.